The molecule has 0 aromatic heterocycles. The van der Waals surface area contributed by atoms with Gasteiger partial charge in [-0.2, -0.15) is 0 Å². The number of ketones is 1. The lowest BCUT2D eigenvalue weighted by molar-refractivity contribution is -0.136. The number of hydrogen-bond donors (Lipinski definition) is 0. The third-order valence-electron chi connectivity index (χ3n) is 4.71. The van der Waals surface area contributed by atoms with Gasteiger partial charge in [-0.05, 0) is 48.6 Å². The summed E-state index contributed by atoms with van der Waals surface area (Å²) in [7, 11) is 2.99. The zero-order valence-corrected chi connectivity index (χ0v) is 12.5. The van der Waals surface area contributed by atoms with Gasteiger partial charge in [0.1, 0.15) is 11.5 Å². The van der Waals surface area contributed by atoms with Gasteiger partial charge in [-0.3, -0.25) is 4.79 Å². The van der Waals surface area contributed by atoms with Crippen molar-refractivity contribution in [1.29, 1.82) is 0 Å². The molecule has 0 saturated carbocycles. The van der Waals surface area contributed by atoms with Crippen LogP contribution in [0.15, 0.2) is 23.8 Å². The maximum absolute atomic E-state index is 12.4. The molecule has 0 fully saturated rings. The number of carbonyl (C=O) groups is 2. The summed E-state index contributed by atoms with van der Waals surface area (Å²) in [5.74, 6) is 0.506. The van der Waals surface area contributed by atoms with E-state index in [1.807, 2.05) is 25.1 Å². The Morgan fingerprint density at radius 2 is 2.05 bits per heavy atom. The Labute approximate surface area is 123 Å². The molecule has 0 spiro atoms. The number of methoxy groups -OCH3 is 2. The Morgan fingerprint density at radius 1 is 1.29 bits per heavy atom. The van der Waals surface area contributed by atoms with Crippen LogP contribution in [-0.4, -0.2) is 26.0 Å². The number of ether oxygens (including phenoxy) is 2. The monoisotopic (exact) mass is 286 g/mol. The van der Waals surface area contributed by atoms with E-state index in [2.05, 4.69) is 0 Å². The van der Waals surface area contributed by atoms with Gasteiger partial charge in [0.2, 0.25) is 0 Å². The maximum atomic E-state index is 12.4. The van der Waals surface area contributed by atoms with Crippen molar-refractivity contribution in [2.75, 3.05) is 14.2 Å². The topological polar surface area (TPSA) is 52.6 Å². The number of hydrogen-bond acceptors (Lipinski definition) is 4. The third kappa shape index (κ3) is 1.89. The molecule has 0 N–H and O–H groups in total. The van der Waals surface area contributed by atoms with Gasteiger partial charge in [-0.25, -0.2) is 4.79 Å². The van der Waals surface area contributed by atoms with Gasteiger partial charge in [0.25, 0.3) is 0 Å². The van der Waals surface area contributed by atoms with Gasteiger partial charge in [-0.1, -0.05) is 6.07 Å². The minimum atomic E-state index is -0.564. The molecule has 4 nitrogen and oxygen atoms in total. The van der Waals surface area contributed by atoms with Crippen LogP contribution in [0.25, 0.3) is 5.57 Å². The normalized spacial score (nSPS) is 23.7. The van der Waals surface area contributed by atoms with Crippen molar-refractivity contribution in [1.82, 2.24) is 0 Å². The van der Waals surface area contributed by atoms with Gasteiger partial charge < -0.3 is 9.47 Å². The second-order valence-corrected chi connectivity index (χ2v) is 5.80. The highest BCUT2D eigenvalue weighted by Crippen LogP contribution is 2.53. The Balaban J connectivity index is 2.22. The van der Waals surface area contributed by atoms with E-state index < -0.39 is 11.4 Å². The van der Waals surface area contributed by atoms with Crippen LogP contribution in [0.4, 0.5) is 0 Å². The fourth-order valence-corrected chi connectivity index (χ4v) is 3.47. The van der Waals surface area contributed by atoms with E-state index in [4.69, 9.17) is 9.47 Å². The van der Waals surface area contributed by atoms with Crippen molar-refractivity contribution in [2.45, 2.75) is 26.2 Å². The van der Waals surface area contributed by atoms with Crippen LogP contribution in [0.1, 0.15) is 30.9 Å². The molecule has 0 aliphatic heterocycles. The average molecular weight is 286 g/mol. The second-order valence-electron chi connectivity index (χ2n) is 5.80. The SMILES string of the molecule is COC(=O)C1=C2c3ccc(OC)cc3CC[C@]2(C)C(=O)C1. The summed E-state index contributed by atoms with van der Waals surface area (Å²) in [5.41, 5.74) is 2.90. The summed E-state index contributed by atoms with van der Waals surface area (Å²) >= 11 is 0. The molecule has 1 atom stereocenters. The molecular weight excluding hydrogens is 268 g/mol. The van der Waals surface area contributed by atoms with Crippen molar-refractivity contribution in [3.8, 4) is 5.75 Å². The van der Waals surface area contributed by atoms with E-state index in [0.717, 1.165) is 35.3 Å². The van der Waals surface area contributed by atoms with Crippen molar-refractivity contribution < 1.29 is 19.1 Å². The molecule has 4 heteroatoms. The summed E-state index contributed by atoms with van der Waals surface area (Å²) in [6.45, 7) is 1.94. The zero-order chi connectivity index (χ0) is 15.2. The quantitative estimate of drug-likeness (QED) is 0.784. The van der Waals surface area contributed by atoms with Gasteiger partial charge in [0, 0.05) is 12.0 Å². The van der Waals surface area contributed by atoms with Crippen molar-refractivity contribution in [3.05, 3.63) is 34.9 Å². The highest BCUT2D eigenvalue weighted by molar-refractivity contribution is 6.15. The van der Waals surface area contributed by atoms with Gasteiger partial charge >= 0.3 is 5.97 Å². The van der Waals surface area contributed by atoms with Crippen LogP contribution in [0, 0.1) is 5.41 Å². The lowest BCUT2D eigenvalue weighted by Gasteiger charge is -2.33. The van der Waals surface area contributed by atoms with E-state index in [-0.39, 0.29) is 12.2 Å². The third-order valence-corrected chi connectivity index (χ3v) is 4.71. The van der Waals surface area contributed by atoms with E-state index in [1.165, 1.54) is 7.11 Å². The molecule has 0 radical (unpaired) electrons. The highest BCUT2D eigenvalue weighted by Gasteiger charge is 2.49. The number of Topliss-reactive ketones (excluding diaryl/α,β-unsaturated/α-hetero) is 1. The number of rotatable bonds is 2. The molecule has 0 saturated heterocycles. The fourth-order valence-electron chi connectivity index (χ4n) is 3.47. The summed E-state index contributed by atoms with van der Waals surface area (Å²) < 4.78 is 10.1. The Morgan fingerprint density at radius 3 is 2.71 bits per heavy atom. The molecule has 0 bridgehead atoms. The number of fused-ring (bicyclic) bond motifs is 3. The molecule has 3 rings (SSSR count). The minimum absolute atomic E-state index is 0.111. The van der Waals surface area contributed by atoms with Crippen LogP contribution in [0.3, 0.4) is 0 Å². The number of aryl methyl sites for hydroxylation is 1. The molecular formula is C17H18O4. The predicted molar refractivity (Wildman–Crippen MR) is 78.0 cm³/mol. The van der Waals surface area contributed by atoms with Gasteiger partial charge in [0.15, 0.2) is 0 Å². The van der Waals surface area contributed by atoms with Gasteiger partial charge in [0.05, 0.1) is 19.6 Å². The Bertz CT molecular complexity index is 671. The van der Waals surface area contributed by atoms with Crippen molar-refractivity contribution >= 4 is 17.3 Å². The van der Waals surface area contributed by atoms with Crippen LogP contribution >= 0.6 is 0 Å². The number of benzene rings is 1. The van der Waals surface area contributed by atoms with Crippen LogP contribution in [0.2, 0.25) is 0 Å². The fraction of sp³-hybridized carbons (Fsp3) is 0.412. The maximum Gasteiger partial charge on any atom is 0.334 e. The lowest BCUT2D eigenvalue weighted by atomic mass is 9.69. The summed E-state index contributed by atoms with van der Waals surface area (Å²) in [5, 5.41) is 0. The lowest BCUT2D eigenvalue weighted by Crippen LogP contribution is -2.29. The van der Waals surface area contributed by atoms with Crippen LogP contribution in [0.5, 0.6) is 5.75 Å². The first-order chi connectivity index (χ1) is 10.0. The van der Waals surface area contributed by atoms with E-state index in [9.17, 15) is 9.59 Å². The molecule has 0 heterocycles. The minimum Gasteiger partial charge on any atom is -0.497 e. The Kier molecular flexibility index (Phi) is 3.12. The summed E-state index contributed by atoms with van der Waals surface area (Å²) in [4.78, 5) is 24.5. The number of allylic oxidation sites excluding steroid dienone is 1. The molecule has 0 amide bonds. The average Bonchev–Trinajstić information content (AvgIpc) is 2.78. The standard InChI is InChI=1S/C17H18O4/c1-17-7-6-10-8-11(20-2)4-5-12(10)15(17)13(9-14(17)18)16(19)21-3/h4-5,8H,6-7,9H2,1-3H3/t17-/m1/s1. The van der Waals surface area contributed by atoms with Crippen molar-refractivity contribution in [3.63, 3.8) is 0 Å². The smallest absolute Gasteiger partial charge is 0.334 e. The van der Waals surface area contributed by atoms with Crippen LogP contribution in [-0.2, 0) is 20.7 Å². The molecule has 2 aliphatic rings. The molecule has 1 aromatic carbocycles. The first kappa shape index (κ1) is 13.9. The van der Waals surface area contributed by atoms with Crippen molar-refractivity contribution in [2.24, 2.45) is 5.41 Å². The van der Waals surface area contributed by atoms with E-state index in [0.29, 0.717) is 5.57 Å². The molecule has 0 unspecified atom stereocenters. The molecule has 1 aromatic rings. The first-order valence-corrected chi connectivity index (χ1v) is 7.04. The zero-order valence-electron chi connectivity index (χ0n) is 12.5. The van der Waals surface area contributed by atoms with E-state index in [1.54, 1.807) is 7.11 Å². The highest BCUT2D eigenvalue weighted by atomic mass is 16.5. The Hall–Kier alpha value is -2.10. The summed E-state index contributed by atoms with van der Waals surface area (Å²) in [6.07, 6.45) is 1.71. The largest absolute Gasteiger partial charge is 0.497 e. The molecule has 2 aliphatic carbocycles. The van der Waals surface area contributed by atoms with Crippen LogP contribution < -0.4 is 4.74 Å². The molecule has 110 valence electrons. The van der Waals surface area contributed by atoms with Gasteiger partial charge in [-0.15, -0.1) is 0 Å². The summed E-state index contributed by atoms with van der Waals surface area (Å²) in [6, 6.07) is 5.80. The second kappa shape index (κ2) is 4.72. The first-order valence-electron chi connectivity index (χ1n) is 7.04. The molecule has 21 heavy (non-hydrogen) atoms. The number of carbonyl (C=O) groups excluding carboxylic acids is 2. The predicted octanol–water partition coefficient (Wildman–Crippen LogP) is 2.55. The number of esters is 1. The van der Waals surface area contributed by atoms with E-state index >= 15 is 0 Å².